The van der Waals surface area contributed by atoms with E-state index in [2.05, 4.69) is 20.3 Å². The third kappa shape index (κ3) is 2.77. The van der Waals surface area contributed by atoms with Crippen LogP contribution in [-0.4, -0.2) is 45.9 Å². The van der Waals surface area contributed by atoms with E-state index in [-0.39, 0.29) is 5.97 Å². The van der Waals surface area contributed by atoms with Gasteiger partial charge in [0.25, 0.3) is 5.95 Å². The highest BCUT2D eigenvalue weighted by molar-refractivity contribution is 5.73. The molecule has 0 radical (unpaired) electrons. The van der Waals surface area contributed by atoms with Crippen molar-refractivity contribution >= 4 is 11.9 Å². The van der Waals surface area contributed by atoms with E-state index in [0.29, 0.717) is 12.6 Å². The molecule has 0 N–H and O–H groups in total. The molecule has 1 aliphatic heterocycles. The summed E-state index contributed by atoms with van der Waals surface area (Å²) in [6, 6.07) is -0.531. The minimum atomic E-state index is -0.531. The summed E-state index contributed by atoms with van der Waals surface area (Å²) in [7, 11) is 0. The molecular weight excluding hydrogens is 234 g/mol. The Kier molecular flexibility index (Phi) is 4.11. The summed E-state index contributed by atoms with van der Waals surface area (Å²) in [5, 5.41) is 12.2. The fourth-order valence-corrected chi connectivity index (χ4v) is 1.96. The fourth-order valence-electron chi connectivity index (χ4n) is 1.96. The first kappa shape index (κ1) is 12.8. The van der Waals surface area contributed by atoms with E-state index < -0.39 is 6.04 Å². The highest BCUT2D eigenvalue weighted by atomic mass is 16.5. The van der Waals surface area contributed by atoms with Crippen molar-refractivity contribution in [1.82, 2.24) is 20.2 Å². The number of hydrogen-bond donors (Lipinski definition) is 0. The van der Waals surface area contributed by atoms with Crippen LogP contribution in [0, 0.1) is 0 Å². The van der Waals surface area contributed by atoms with Gasteiger partial charge in [0.05, 0.1) is 6.61 Å². The van der Waals surface area contributed by atoms with Crippen LogP contribution in [0.5, 0.6) is 0 Å². The van der Waals surface area contributed by atoms with E-state index in [1.54, 1.807) is 13.8 Å². The maximum absolute atomic E-state index is 11.6. The van der Waals surface area contributed by atoms with Gasteiger partial charge < -0.3 is 9.64 Å². The quantitative estimate of drug-likeness (QED) is 0.739. The van der Waals surface area contributed by atoms with Crippen molar-refractivity contribution in [3.63, 3.8) is 0 Å². The Hall–Kier alpha value is -1.66. The molecule has 0 aliphatic carbocycles. The summed E-state index contributed by atoms with van der Waals surface area (Å²) in [4.78, 5) is 15.0. The Morgan fingerprint density at radius 3 is 2.78 bits per heavy atom. The van der Waals surface area contributed by atoms with E-state index in [1.807, 2.05) is 0 Å². The molecule has 0 aromatic carbocycles. The van der Waals surface area contributed by atoms with Gasteiger partial charge in [0, 0.05) is 13.1 Å². The van der Waals surface area contributed by atoms with E-state index in [9.17, 15) is 4.79 Å². The maximum Gasteiger partial charge on any atom is 0.332 e. The smallest absolute Gasteiger partial charge is 0.332 e. The third-order valence-corrected chi connectivity index (χ3v) is 3.03. The van der Waals surface area contributed by atoms with Gasteiger partial charge in [-0.05, 0) is 38.3 Å². The molecule has 0 amide bonds. The molecule has 100 valence electrons. The summed E-state index contributed by atoms with van der Waals surface area (Å²) in [5.41, 5.74) is 0. The molecule has 0 spiro atoms. The van der Waals surface area contributed by atoms with E-state index >= 15 is 0 Å². The van der Waals surface area contributed by atoms with Gasteiger partial charge in [-0.25, -0.2) is 4.79 Å². The van der Waals surface area contributed by atoms with Gasteiger partial charge >= 0.3 is 5.97 Å². The number of carbonyl (C=O) groups is 1. The zero-order valence-corrected chi connectivity index (χ0v) is 10.9. The largest absolute Gasteiger partial charge is 0.464 e. The molecule has 2 heterocycles. The molecule has 7 heteroatoms. The number of hydrogen-bond acceptors (Lipinski definition) is 6. The molecular formula is C11H19N5O2. The second-order valence-corrected chi connectivity index (χ2v) is 4.39. The van der Waals surface area contributed by atoms with Crippen molar-refractivity contribution in [2.75, 3.05) is 24.6 Å². The fraction of sp³-hybridized carbons (Fsp3) is 0.818. The van der Waals surface area contributed by atoms with E-state index in [0.717, 1.165) is 25.9 Å². The van der Waals surface area contributed by atoms with Crippen LogP contribution in [0.4, 0.5) is 5.95 Å². The van der Waals surface area contributed by atoms with E-state index in [4.69, 9.17) is 4.74 Å². The van der Waals surface area contributed by atoms with Crippen LogP contribution in [0.3, 0.4) is 0 Å². The van der Waals surface area contributed by atoms with Gasteiger partial charge in [0.15, 0.2) is 6.04 Å². The normalized spacial score (nSPS) is 17.6. The standard InChI is InChI=1S/C11H19N5O2/c1-3-18-10(17)9(2)16-13-11(12-14-16)15-7-5-4-6-8-15/h9H,3-8H2,1-2H3. The average Bonchev–Trinajstić information content (AvgIpc) is 2.89. The lowest BCUT2D eigenvalue weighted by Gasteiger charge is -2.24. The minimum Gasteiger partial charge on any atom is -0.464 e. The van der Waals surface area contributed by atoms with Crippen LogP contribution in [-0.2, 0) is 9.53 Å². The lowest BCUT2D eigenvalue weighted by molar-refractivity contribution is -0.147. The van der Waals surface area contributed by atoms with Crippen molar-refractivity contribution in [3.8, 4) is 0 Å². The van der Waals surface area contributed by atoms with Gasteiger partial charge in [-0.15, -0.1) is 9.90 Å². The van der Waals surface area contributed by atoms with Crippen LogP contribution < -0.4 is 4.90 Å². The molecule has 18 heavy (non-hydrogen) atoms. The zero-order chi connectivity index (χ0) is 13.0. The van der Waals surface area contributed by atoms with E-state index in [1.165, 1.54) is 11.2 Å². The number of tetrazole rings is 1. The van der Waals surface area contributed by atoms with Crippen LogP contribution in [0.15, 0.2) is 0 Å². The van der Waals surface area contributed by atoms with Crippen molar-refractivity contribution < 1.29 is 9.53 Å². The predicted octanol–water partition coefficient (Wildman–Crippen LogP) is 0.787. The topological polar surface area (TPSA) is 73.1 Å². The lowest BCUT2D eigenvalue weighted by Crippen LogP contribution is -2.30. The van der Waals surface area contributed by atoms with Crippen molar-refractivity contribution in [3.05, 3.63) is 0 Å². The van der Waals surface area contributed by atoms with Crippen LogP contribution >= 0.6 is 0 Å². The summed E-state index contributed by atoms with van der Waals surface area (Å²) in [6.07, 6.45) is 3.56. The van der Waals surface area contributed by atoms with Crippen LogP contribution in [0.25, 0.3) is 0 Å². The number of piperidine rings is 1. The van der Waals surface area contributed by atoms with Crippen molar-refractivity contribution in [2.24, 2.45) is 0 Å². The van der Waals surface area contributed by atoms with Gasteiger partial charge in [0.1, 0.15) is 0 Å². The minimum absolute atomic E-state index is 0.333. The molecule has 1 aromatic rings. The molecule has 1 unspecified atom stereocenters. The molecule has 7 nitrogen and oxygen atoms in total. The van der Waals surface area contributed by atoms with Gasteiger partial charge in [-0.1, -0.05) is 5.10 Å². The third-order valence-electron chi connectivity index (χ3n) is 3.03. The van der Waals surface area contributed by atoms with Crippen molar-refractivity contribution in [2.45, 2.75) is 39.2 Å². The lowest BCUT2D eigenvalue weighted by atomic mass is 10.1. The number of aromatic nitrogens is 4. The summed E-state index contributed by atoms with van der Waals surface area (Å²) in [6.45, 7) is 5.76. The molecule has 1 aromatic heterocycles. The second kappa shape index (κ2) is 5.79. The first-order valence-corrected chi connectivity index (χ1v) is 6.43. The number of carbonyl (C=O) groups excluding carboxylic acids is 1. The number of anilines is 1. The highest BCUT2D eigenvalue weighted by Gasteiger charge is 2.21. The number of nitrogens with zero attached hydrogens (tertiary/aromatic N) is 5. The Morgan fingerprint density at radius 2 is 2.11 bits per heavy atom. The molecule has 1 fully saturated rings. The number of esters is 1. The Morgan fingerprint density at radius 1 is 1.39 bits per heavy atom. The van der Waals surface area contributed by atoms with Gasteiger partial charge in [-0.3, -0.25) is 0 Å². The molecule has 0 saturated carbocycles. The molecule has 0 bridgehead atoms. The summed E-state index contributed by atoms with van der Waals surface area (Å²) >= 11 is 0. The van der Waals surface area contributed by atoms with Crippen LogP contribution in [0.2, 0.25) is 0 Å². The summed E-state index contributed by atoms with van der Waals surface area (Å²) in [5.74, 6) is 0.269. The SMILES string of the molecule is CCOC(=O)C(C)n1nnc(N2CCCCC2)n1. The molecule has 1 atom stereocenters. The average molecular weight is 253 g/mol. The zero-order valence-electron chi connectivity index (χ0n) is 10.9. The second-order valence-electron chi connectivity index (χ2n) is 4.39. The molecule has 1 aliphatic rings. The molecule has 1 saturated heterocycles. The highest BCUT2D eigenvalue weighted by Crippen LogP contribution is 2.15. The van der Waals surface area contributed by atoms with Crippen LogP contribution in [0.1, 0.15) is 39.2 Å². The predicted molar refractivity (Wildman–Crippen MR) is 65.2 cm³/mol. The number of ether oxygens (including phenoxy) is 1. The summed E-state index contributed by atoms with van der Waals surface area (Å²) < 4.78 is 4.93. The number of rotatable bonds is 4. The first-order valence-electron chi connectivity index (χ1n) is 6.43. The maximum atomic E-state index is 11.6. The first-order chi connectivity index (χ1) is 8.72. The monoisotopic (exact) mass is 253 g/mol. The van der Waals surface area contributed by atoms with Gasteiger partial charge in [0.2, 0.25) is 0 Å². The van der Waals surface area contributed by atoms with Crippen molar-refractivity contribution in [1.29, 1.82) is 0 Å². The Balaban J connectivity index is 2.02. The Bertz CT molecular complexity index is 400. The molecule has 2 rings (SSSR count). The Labute approximate surface area is 106 Å². The van der Waals surface area contributed by atoms with Gasteiger partial charge in [-0.2, -0.15) is 0 Å².